The van der Waals surface area contributed by atoms with Crippen LogP contribution in [0.3, 0.4) is 0 Å². The van der Waals surface area contributed by atoms with Crippen LogP contribution in [-0.2, 0) is 32.0 Å². The molecule has 0 radical (unpaired) electrons. The molecule has 9 heteroatoms. The van der Waals surface area contributed by atoms with E-state index < -0.39 is 0 Å². The second-order valence-corrected chi connectivity index (χ2v) is 8.46. The summed E-state index contributed by atoms with van der Waals surface area (Å²) in [6, 6.07) is 3.47. The zero-order chi connectivity index (χ0) is 23.2. The number of hydrogen-bond acceptors (Lipinski definition) is 9. The Morgan fingerprint density at radius 3 is 2.70 bits per heavy atom. The molecule has 180 valence electrons. The van der Waals surface area contributed by atoms with Crippen LogP contribution in [0.1, 0.15) is 23.1 Å². The van der Waals surface area contributed by atoms with Gasteiger partial charge in [0.05, 0.1) is 25.4 Å². The number of methoxy groups -OCH3 is 1. The van der Waals surface area contributed by atoms with Crippen molar-refractivity contribution >= 4 is 16.9 Å². The highest BCUT2D eigenvalue weighted by molar-refractivity contribution is 5.86. The van der Waals surface area contributed by atoms with E-state index in [1.165, 1.54) is 6.07 Å². The van der Waals surface area contributed by atoms with Crippen LogP contribution in [0.5, 0.6) is 5.75 Å². The van der Waals surface area contributed by atoms with Crippen molar-refractivity contribution in [2.45, 2.75) is 26.3 Å². The molecule has 0 bridgehead atoms. The van der Waals surface area contributed by atoms with E-state index in [1.807, 2.05) is 13.0 Å². The van der Waals surface area contributed by atoms with Crippen molar-refractivity contribution in [2.24, 2.45) is 0 Å². The molecular formula is C24H32N2O7. The maximum atomic E-state index is 12.1. The molecule has 1 saturated heterocycles. The number of esters is 1. The molecule has 0 atom stereocenters. The summed E-state index contributed by atoms with van der Waals surface area (Å²) >= 11 is 0. The van der Waals surface area contributed by atoms with E-state index in [4.69, 9.17) is 23.4 Å². The van der Waals surface area contributed by atoms with Crippen molar-refractivity contribution in [1.82, 2.24) is 9.80 Å². The van der Waals surface area contributed by atoms with Crippen LogP contribution >= 0.6 is 0 Å². The van der Waals surface area contributed by atoms with Crippen molar-refractivity contribution in [1.29, 1.82) is 0 Å². The molecule has 1 aromatic heterocycles. The lowest BCUT2D eigenvalue weighted by molar-refractivity contribution is -0.144. The molecule has 0 amide bonds. The Morgan fingerprint density at radius 1 is 1.12 bits per heavy atom. The summed E-state index contributed by atoms with van der Waals surface area (Å²) in [4.78, 5) is 28.8. The summed E-state index contributed by atoms with van der Waals surface area (Å²) in [5.41, 5.74) is 2.83. The van der Waals surface area contributed by atoms with Crippen molar-refractivity contribution in [2.75, 3.05) is 66.4 Å². The Kier molecular flexibility index (Phi) is 7.97. The zero-order valence-corrected chi connectivity index (χ0v) is 19.4. The second kappa shape index (κ2) is 11.1. The zero-order valence-electron chi connectivity index (χ0n) is 19.4. The smallest absolute Gasteiger partial charge is 0.336 e. The van der Waals surface area contributed by atoms with Crippen LogP contribution in [0.15, 0.2) is 21.3 Å². The minimum Gasteiger partial charge on any atom is -0.477 e. The third-order valence-corrected chi connectivity index (χ3v) is 6.12. The van der Waals surface area contributed by atoms with Crippen LogP contribution in [0.4, 0.5) is 0 Å². The molecule has 0 unspecified atom stereocenters. The van der Waals surface area contributed by atoms with E-state index >= 15 is 0 Å². The normalized spacial score (nSPS) is 17.0. The molecule has 1 fully saturated rings. The molecule has 33 heavy (non-hydrogen) atoms. The first-order valence-corrected chi connectivity index (χ1v) is 11.4. The fourth-order valence-corrected chi connectivity index (χ4v) is 4.29. The topological polar surface area (TPSA) is 90.7 Å². The SMILES string of the molecule is COCCOC(=O)CCc1cc2c(C)cc(=O)oc2c2c1OCN(CCN1CCOCC1)C2. The molecule has 0 aliphatic carbocycles. The standard InChI is InChI=1S/C24H32N2O7/c1-17-13-22(28)33-24-19(17)14-18(3-4-21(27)31-12-11-29-2)23-20(24)15-26(16-32-23)6-5-25-7-9-30-10-8-25/h13-14H,3-12,15-16H2,1-2H3. The Morgan fingerprint density at radius 2 is 1.91 bits per heavy atom. The first-order valence-electron chi connectivity index (χ1n) is 11.4. The summed E-state index contributed by atoms with van der Waals surface area (Å²) in [5, 5.41) is 0.870. The maximum absolute atomic E-state index is 12.1. The van der Waals surface area contributed by atoms with Gasteiger partial charge < -0.3 is 23.4 Å². The van der Waals surface area contributed by atoms with Crippen LogP contribution in [0.2, 0.25) is 0 Å². The summed E-state index contributed by atoms with van der Waals surface area (Å²) in [5.74, 6) is 0.434. The van der Waals surface area contributed by atoms with E-state index in [9.17, 15) is 9.59 Å². The summed E-state index contributed by atoms with van der Waals surface area (Å²) in [6.07, 6.45) is 0.720. The van der Waals surface area contributed by atoms with E-state index in [0.29, 0.717) is 37.6 Å². The van der Waals surface area contributed by atoms with Crippen LogP contribution in [0, 0.1) is 6.92 Å². The van der Waals surface area contributed by atoms with E-state index in [1.54, 1.807) is 7.11 Å². The number of benzene rings is 1. The van der Waals surface area contributed by atoms with Crippen molar-refractivity contribution < 1.29 is 28.2 Å². The summed E-state index contributed by atoms with van der Waals surface area (Å²) in [6.45, 7) is 8.76. The number of morpholine rings is 1. The van der Waals surface area contributed by atoms with Gasteiger partial charge >= 0.3 is 11.6 Å². The highest BCUT2D eigenvalue weighted by atomic mass is 16.6. The number of nitrogens with zero attached hydrogens (tertiary/aromatic N) is 2. The van der Waals surface area contributed by atoms with Gasteiger partial charge in [0.15, 0.2) is 0 Å². The predicted octanol–water partition coefficient (Wildman–Crippen LogP) is 1.71. The third-order valence-electron chi connectivity index (χ3n) is 6.12. The number of fused-ring (bicyclic) bond motifs is 3. The van der Waals surface area contributed by atoms with Gasteiger partial charge in [-0.1, -0.05) is 0 Å². The van der Waals surface area contributed by atoms with Crippen molar-refractivity contribution in [3.63, 3.8) is 0 Å². The molecular weight excluding hydrogens is 428 g/mol. The first kappa shape index (κ1) is 23.7. The Labute approximate surface area is 193 Å². The van der Waals surface area contributed by atoms with Gasteiger partial charge in [-0.2, -0.15) is 0 Å². The monoisotopic (exact) mass is 460 g/mol. The van der Waals surface area contributed by atoms with Crippen LogP contribution in [0.25, 0.3) is 11.0 Å². The van der Waals surface area contributed by atoms with Crippen molar-refractivity contribution in [3.8, 4) is 5.75 Å². The third kappa shape index (κ3) is 5.92. The van der Waals surface area contributed by atoms with Gasteiger partial charge in [-0.25, -0.2) is 4.79 Å². The molecule has 9 nitrogen and oxygen atoms in total. The molecule has 4 rings (SSSR count). The molecule has 0 N–H and O–H groups in total. The predicted molar refractivity (Wildman–Crippen MR) is 122 cm³/mol. The van der Waals surface area contributed by atoms with Gasteiger partial charge in [0, 0.05) is 57.7 Å². The molecule has 1 aromatic carbocycles. The summed E-state index contributed by atoms with van der Waals surface area (Å²) in [7, 11) is 1.57. The van der Waals surface area contributed by atoms with E-state index in [-0.39, 0.29) is 24.6 Å². The lowest BCUT2D eigenvalue weighted by atomic mass is 9.97. The lowest BCUT2D eigenvalue weighted by Crippen LogP contribution is -2.43. The maximum Gasteiger partial charge on any atom is 0.336 e. The molecule has 2 aliphatic rings. The fraction of sp³-hybridized carbons (Fsp3) is 0.583. The summed E-state index contributed by atoms with van der Waals surface area (Å²) < 4.78 is 27.4. The van der Waals surface area contributed by atoms with Crippen LogP contribution < -0.4 is 10.4 Å². The van der Waals surface area contributed by atoms with Gasteiger partial charge in [0.1, 0.15) is 24.7 Å². The van der Waals surface area contributed by atoms with Gasteiger partial charge in [-0.05, 0) is 30.5 Å². The molecule has 2 aromatic rings. The van der Waals surface area contributed by atoms with Crippen molar-refractivity contribution in [3.05, 3.63) is 39.2 Å². The molecule has 0 spiro atoms. The fourth-order valence-electron chi connectivity index (χ4n) is 4.29. The number of rotatable bonds is 9. The highest BCUT2D eigenvalue weighted by Gasteiger charge is 2.26. The number of aryl methyl sites for hydroxylation is 2. The largest absolute Gasteiger partial charge is 0.477 e. The van der Waals surface area contributed by atoms with Gasteiger partial charge in [-0.15, -0.1) is 0 Å². The second-order valence-electron chi connectivity index (χ2n) is 8.46. The Balaban J connectivity index is 1.54. The Hall–Kier alpha value is -2.46. The van der Waals surface area contributed by atoms with Crippen LogP contribution in [-0.4, -0.2) is 82.2 Å². The quantitative estimate of drug-likeness (QED) is 0.315. The van der Waals surface area contributed by atoms with Gasteiger partial charge in [0.2, 0.25) is 0 Å². The number of carbonyl (C=O) groups is 1. The first-order chi connectivity index (χ1) is 16.0. The molecule has 3 heterocycles. The average molecular weight is 461 g/mol. The number of ether oxygens (including phenoxy) is 4. The minimum absolute atomic E-state index is 0.238. The van der Waals surface area contributed by atoms with E-state index in [2.05, 4.69) is 9.80 Å². The molecule has 0 saturated carbocycles. The lowest BCUT2D eigenvalue weighted by Gasteiger charge is -2.33. The number of hydrogen-bond donors (Lipinski definition) is 0. The highest BCUT2D eigenvalue weighted by Crippen LogP contribution is 2.37. The van der Waals surface area contributed by atoms with Gasteiger partial charge in [-0.3, -0.25) is 14.6 Å². The molecule has 2 aliphatic heterocycles. The Bertz CT molecular complexity index is 1030. The number of carbonyl (C=O) groups excluding carboxylic acids is 1. The minimum atomic E-state index is -0.373. The van der Waals surface area contributed by atoms with E-state index in [0.717, 1.165) is 61.5 Å². The van der Waals surface area contributed by atoms with Gasteiger partial charge in [0.25, 0.3) is 0 Å². The average Bonchev–Trinajstić information content (AvgIpc) is 2.82.